The molecule has 2 aliphatic heterocycles. The molecule has 0 spiro atoms. The second kappa shape index (κ2) is 12.8. The first-order valence-corrected chi connectivity index (χ1v) is 20.4. The molecule has 0 radical (unpaired) electrons. The van der Waals surface area contributed by atoms with Gasteiger partial charge in [-0.1, -0.05) is 90.9 Å². The molecule has 216 valence electrons. The van der Waals surface area contributed by atoms with Gasteiger partial charge in [-0.2, -0.15) is 0 Å². The monoisotopic (exact) mass is 611 g/mol. The van der Waals surface area contributed by atoms with Gasteiger partial charge in [0.25, 0.3) is 11.8 Å². The summed E-state index contributed by atoms with van der Waals surface area (Å²) in [6.45, 7) is 8.86. The quantitative estimate of drug-likeness (QED) is 0.0975. The van der Waals surface area contributed by atoms with Crippen LogP contribution in [0.25, 0.3) is 19.5 Å². The minimum Gasteiger partial charge on any atom is -0.277 e. The van der Waals surface area contributed by atoms with Crippen molar-refractivity contribution in [2.75, 3.05) is 7.05 Å². The van der Waals surface area contributed by atoms with Crippen LogP contribution in [0.5, 0.6) is 0 Å². The van der Waals surface area contributed by atoms with Gasteiger partial charge in [-0.15, -0.1) is 34.0 Å². The summed E-state index contributed by atoms with van der Waals surface area (Å²) in [5.41, 5.74) is 1.29. The molecule has 0 aromatic carbocycles. The van der Waals surface area contributed by atoms with Crippen molar-refractivity contribution in [3.8, 4) is 19.5 Å². The van der Waals surface area contributed by atoms with Gasteiger partial charge in [-0.25, -0.2) is 0 Å². The van der Waals surface area contributed by atoms with Crippen LogP contribution in [0.3, 0.4) is 0 Å². The fourth-order valence-electron chi connectivity index (χ4n) is 6.90. The van der Waals surface area contributed by atoms with E-state index in [0.29, 0.717) is 11.1 Å². The number of hydrogen-bond acceptors (Lipinski definition) is 5. The first kappa shape index (κ1) is 29.9. The Morgan fingerprint density at radius 2 is 1.18 bits per heavy atom. The summed E-state index contributed by atoms with van der Waals surface area (Å²) >= 11 is 5.52. The molecule has 0 saturated heterocycles. The molecule has 0 bridgehead atoms. The van der Waals surface area contributed by atoms with Crippen LogP contribution in [0.1, 0.15) is 121 Å². The third kappa shape index (κ3) is 5.36. The molecule has 2 amide bonds. The summed E-state index contributed by atoms with van der Waals surface area (Å²) in [7, 11) is -0.284. The minimum atomic E-state index is -1.90. The van der Waals surface area contributed by atoms with Gasteiger partial charge in [0.1, 0.15) is 8.07 Å². The highest BCUT2D eigenvalue weighted by Crippen LogP contribution is 2.49. The number of nitrogens with zero attached hydrogens (tertiary/aromatic N) is 1. The Morgan fingerprint density at radius 1 is 0.650 bits per heavy atom. The van der Waals surface area contributed by atoms with Gasteiger partial charge in [0.2, 0.25) is 0 Å². The fourth-order valence-corrected chi connectivity index (χ4v) is 17.5. The van der Waals surface area contributed by atoms with Crippen molar-refractivity contribution >= 4 is 64.3 Å². The van der Waals surface area contributed by atoms with E-state index in [4.69, 9.17) is 0 Å². The number of carbonyl (C=O) groups excluding carboxylic acids is 2. The highest BCUT2D eigenvalue weighted by atomic mass is 32.1. The first-order valence-electron chi connectivity index (χ1n) is 15.6. The molecule has 40 heavy (non-hydrogen) atoms. The number of amides is 2. The maximum Gasteiger partial charge on any atom is 0.262 e. The van der Waals surface area contributed by atoms with E-state index in [-0.39, 0.29) is 11.8 Å². The number of carbonyl (C=O) groups is 2. The third-order valence-corrected chi connectivity index (χ3v) is 18.3. The summed E-state index contributed by atoms with van der Waals surface area (Å²) in [5, 5.41) is 3.35. The van der Waals surface area contributed by atoms with E-state index in [1.165, 1.54) is 114 Å². The van der Waals surface area contributed by atoms with E-state index in [2.05, 4.69) is 32.9 Å². The van der Waals surface area contributed by atoms with Crippen LogP contribution in [0.2, 0.25) is 12.1 Å². The molecule has 0 unspecified atom stereocenters. The lowest BCUT2D eigenvalue weighted by Crippen LogP contribution is -2.54. The van der Waals surface area contributed by atoms with Crippen LogP contribution >= 0.6 is 34.0 Å². The molecule has 0 N–H and O–H groups in total. The Hall–Kier alpha value is -1.54. The number of unbranched alkanes of at least 4 members (excludes halogenated alkanes) is 10. The second-order valence-electron chi connectivity index (χ2n) is 12.0. The topological polar surface area (TPSA) is 37.4 Å². The second-order valence-corrected chi connectivity index (χ2v) is 19.8. The van der Waals surface area contributed by atoms with E-state index < -0.39 is 8.07 Å². The molecule has 3 nitrogen and oxygen atoms in total. The molecule has 3 aromatic rings. The van der Waals surface area contributed by atoms with Crippen molar-refractivity contribution < 1.29 is 9.59 Å². The van der Waals surface area contributed by atoms with E-state index in [1.807, 2.05) is 29.6 Å². The molecule has 7 heteroatoms. The smallest absolute Gasteiger partial charge is 0.262 e. The van der Waals surface area contributed by atoms with Gasteiger partial charge in [0.15, 0.2) is 0 Å². The highest BCUT2D eigenvalue weighted by molar-refractivity contribution is 7.32. The number of fused-ring (bicyclic) bond motifs is 4. The van der Waals surface area contributed by atoms with Crippen molar-refractivity contribution in [3.05, 3.63) is 33.0 Å². The Bertz CT molecular complexity index is 1360. The number of rotatable bonds is 15. The lowest BCUT2D eigenvalue weighted by Gasteiger charge is -2.29. The zero-order valence-electron chi connectivity index (χ0n) is 25.0. The van der Waals surface area contributed by atoms with Gasteiger partial charge in [0.05, 0.1) is 16.0 Å². The molecule has 2 aliphatic rings. The van der Waals surface area contributed by atoms with Crippen LogP contribution in [0.4, 0.5) is 0 Å². The average Bonchev–Trinajstić information content (AvgIpc) is 3.71. The summed E-state index contributed by atoms with van der Waals surface area (Å²) < 4.78 is 0. The number of aryl methyl sites for hydroxylation is 2. The zero-order chi connectivity index (χ0) is 28.4. The van der Waals surface area contributed by atoms with E-state index in [9.17, 15) is 9.59 Å². The zero-order valence-corrected chi connectivity index (χ0v) is 28.5. The van der Waals surface area contributed by atoms with Crippen molar-refractivity contribution in [1.82, 2.24) is 4.90 Å². The van der Waals surface area contributed by atoms with Gasteiger partial charge in [-0.3, -0.25) is 14.5 Å². The average molecular weight is 612 g/mol. The Balaban J connectivity index is 1.51. The molecular formula is C33H45NO2S3Si. The first-order chi connectivity index (χ1) is 19.3. The summed E-state index contributed by atoms with van der Waals surface area (Å²) in [6.07, 6.45) is 16.1. The number of hydrogen-bond donors (Lipinski definition) is 0. The molecule has 0 atom stereocenters. The predicted octanol–water partition coefficient (Wildman–Crippen LogP) is 9.65. The number of thiophene rings is 3. The lowest BCUT2D eigenvalue weighted by atomic mass is 10.1. The third-order valence-electron chi connectivity index (χ3n) is 9.08. The van der Waals surface area contributed by atoms with Gasteiger partial charge in [0, 0.05) is 31.4 Å². The van der Waals surface area contributed by atoms with Crippen molar-refractivity contribution in [3.63, 3.8) is 0 Å². The lowest BCUT2D eigenvalue weighted by molar-refractivity contribution is 0.0693. The van der Waals surface area contributed by atoms with Crippen molar-refractivity contribution in [2.24, 2.45) is 0 Å². The normalized spacial score (nSPS) is 15.3. The predicted molar refractivity (Wildman–Crippen MR) is 178 cm³/mol. The standard InChI is InChI=1S/C33H45NO2S3Si/c1-6-8-10-12-14-16-18-40(19-17-15-13-11-9-7-2)25-20-22(3)37-30(25)31-26(40)21-24(39-31)29-28-27(23(4)38-29)32(35)34(5)33(28)36/h20-21H,6-19H2,1-5H3. The highest BCUT2D eigenvalue weighted by Gasteiger charge is 2.48. The minimum absolute atomic E-state index is 0.136. The Morgan fingerprint density at radius 3 is 1.80 bits per heavy atom. The van der Waals surface area contributed by atoms with Gasteiger partial charge < -0.3 is 0 Å². The van der Waals surface area contributed by atoms with Crippen LogP contribution in [0, 0.1) is 13.8 Å². The van der Waals surface area contributed by atoms with Crippen molar-refractivity contribution in [1.29, 1.82) is 0 Å². The molecule has 0 saturated carbocycles. The van der Waals surface area contributed by atoms with Gasteiger partial charge >= 0.3 is 0 Å². The Kier molecular flexibility index (Phi) is 9.55. The summed E-state index contributed by atoms with van der Waals surface area (Å²) in [6, 6.07) is 7.74. The van der Waals surface area contributed by atoms with Crippen LogP contribution in [-0.4, -0.2) is 31.8 Å². The maximum atomic E-state index is 13.1. The molecule has 0 fully saturated rings. The summed E-state index contributed by atoms with van der Waals surface area (Å²) in [4.78, 5) is 34.9. The maximum absolute atomic E-state index is 13.1. The van der Waals surface area contributed by atoms with Crippen molar-refractivity contribution in [2.45, 2.75) is 117 Å². The van der Waals surface area contributed by atoms with E-state index in [1.54, 1.807) is 28.8 Å². The number of imide groups is 1. The molecule has 5 heterocycles. The fraction of sp³-hybridized carbons (Fsp3) is 0.576. The van der Waals surface area contributed by atoms with E-state index in [0.717, 1.165) is 9.75 Å². The SMILES string of the molecule is CCCCCCCC[Si]1(CCCCCCCC)c2cc(C)sc2-c2sc(-c3sc(C)c4c3C(=O)N(C)C4=O)cc21. The van der Waals surface area contributed by atoms with Gasteiger partial charge in [-0.05, 0) is 48.4 Å². The summed E-state index contributed by atoms with van der Waals surface area (Å²) in [5.74, 6) is -0.279. The van der Waals surface area contributed by atoms with Crippen LogP contribution in [0.15, 0.2) is 12.1 Å². The van der Waals surface area contributed by atoms with Crippen LogP contribution < -0.4 is 10.4 Å². The molecule has 3 aromatic heterocycles. The Labute approximate surface area is 254 Å². The molecule has 5 rings (SSSR count). The van der Waals surface area contributed by atoms with Crippen LogP contribution in [-0.2, 0) is 0 Å². The largest absolute Gasteiger partial charge is 0.277 e. The molecular weight excluding hydrogens is 567 g/mol. The molecule has 0 aliphatic carbocycles. The van der Waals surface area contributed by atoms with E-state index >= 15 is 0 Å².